The van der Waals surface area contributed by atoms with Crippen LogP contribution < -0.4 is 15.4 Å². The molecule has 0 saturated carbocycles. The van der Waals surface area contributed by atoms with Crippen LogP contribution in [0.15, 0.2) is 24.4 Å². The molecule has 178 valence electrons. The Morgan fingerprint density at radius 1 is 1.06 bits per heavy atom. The fourth-order valence-electron chi connectivity index (χ4n) is 5.25. The van der Waals surface area contributed by atoms with Crippen LogP contribution in [0.25, 0.3) is 10.9 Å². The minimum atomic E-state index is -0.625. The van der Waals surface area contributed by atoms with Crippen molar-refractivity contribution in [2.75, 3.05) is 44.3 Å². The number of rotatable bonds is 7. The van der Waals surface area contributed by atoms with Crippen molar-refractivity contribution < 1.29 is 19.1 Å². The van der Waals surface area contributed by atoms with Crippen LogP contribution in [0.5, 0.6) is 5.75 Å². The zero-order chi connectivity index (χ0) is 23.4. The molecule has 2 N–H and O–H groups in total. The van der Waals surface area contributed by atoms with E-state index in [0.29, 0.717) is 38.1 Å². The van der Waals surface area contributed by atoms with Crippen LogP contribution in [-0.2, 0) is 9.53 Å². The number of fused-ring (bicyclic) bond motifs is 1. The second-order valence-corrected chi connectivity index (χ2v) is 8.78. The van der Waals surface area contributed by atoms with Crippen molar-refractivity contribution >= 4 is 28.5 Å². The van der Waals surface area contributed by atoms with Gasteiger partial charge in [-0.05, 0) is 70.8 Å². The molecule has 0 spiro atoms. The van der Waals surface area contributed by atoms with E-state index in [1.165, 1.54) is 6.42 Å². The highest BCUT2D eigenvalue weighted by Crippen LogP contribution is 2.38. The Balaban J connectivity index is 1.72. The molecular weight excluding hydrogens is 420 g/mol. The molecule has 2 aliphatic rings. The van der Waals surface area contributed by atoms with E-state index in [-0.39, 0.29) is 12.5 Å². The molecule has 2 saturated heterocycles. The third kappa shape index (κ3) is 4.49. The first-order valence-corrected chi connectivity index (χ1v) is 12.0. The molecule has 1 amide bonds. The van der Waals surface area contributed by atoms with Gasteiger partial charge in [0.15, 0.2) is 0 Å². The number of piperidine rings is 2. The molecule has 2 aliphatic heterocycles. The molecule has 0 aliphatic carbocycles. The number of likely N-dealkylation sites (tertiary alicyclic amines) is 1. The van der Waals surface area contributed by atoms with Crippen molar-refractivity contribution in [3.8, 4) is 5.75 Å². The number of hydrogen-bond donors (Lipinski definition) is 1. The summed E-state index contributed by atoms with van der Waals surface area (Å²) in [6.45, 7) is 7.61. The predicted octanol–water partition coefficient (Wildman–Crippen LogP) is 3.12. The van der Waals surface area contributed by atoms with Gasteiger partial charge in [0.05, 0.1) is 24.4 Å². The van der Waals surface area contributed by atoms with Gasteiger partial charge in [0, 0.05) is 24.7 Å². The highest BCUT2D eigenvalue weighted by atomic mass is 16.5. The maximum Gasteiger partial charge on any atom is 0.341 e. The van der Waals surface area contributed by atoms with Gasteiger partial charge >= 0.3 is 5.97 Å². The Kier molecular flexibility index (Phi) is 7.02. The van der Waals surface area contributed by atoms with E-state index in [9.17, 15) is 9.59 Å². The molecule has 8 nitrogen and oxygen atoms in total. The van der Waals surface area contributed by atoms with Crippen LogP contribution in [0.1, 0.15) is 56.3 Å². The number of aromatic nitrogens is 1. The first-order chi connectivity index (χ1) is 16.0. The maximum atomic E-state index is 12.8. The average Bonchev–Trinajstić information content (AvgIpc) is 2.84. The molecular formula is C25H34N4O4. The van der Waals surface area contributed by atoms with Crippen molar-refractivity contribution in [3.63, 3.8) is 0 Å². The van der Waals surface area contributed by atoms with Crippen molar-refractivity contribution in [2.45, 2.75) is 51.5 Å². The van der Waals surface area contributed by atoms with Gasteiger partial charge in [-0.1, -0.05) is 6.42 Å². The second kappa shape index (κ2) is 9.95. The summed E-state index contributed by atoms with van der Waals surface area (Å²) < 4.78 is 11.1. The molecule has 8 heteroatoms. The Bertz CT molecular complexity index is 1010. The number of pyridine rings is 1. The highest BCUT2D eigenvalue weighted by molar-refractivity contribution is 6.05. The van der Waals surface area contributed by atoms with E-state index in [1.54, 1.807) is 13.1 Å². The van der Waals surface area contributed by atoms with Crippen LogP contribution in [0.2, 0.25) is 0 Å². The largest absolute Gasteiger partial charge is 0.494 e. The number of esters is 1. The number of benzene rings is 1. The highest BCUT2D eigenvalue weighted by Gasteiger charge is 2.45. The van der Waals surface area contributed by atoms with E-state index in [1.807, 2.05) is 25.1 Å². The van der Waals surface area contributed by atoms with E-state index < -0.39 is 11.5 Å². The topological polar surface area (TPSA) is 98.0 Å². The quantitative estimate of drug-likeness (QED) is 0.642. The fourth-order valence-corrected chi connectivity index (χ4v) is 5.25. The number of carbonyl (C=O) groups is 2. The summed E-state index contributed by atoms with van der Waals surface area (Å²) in [6, 6.07) is 5.73. The van der Waals surface area contributed by atoms with E-state index >= 15 is 0 Å². The Labute approximate surface area is 195 Å². The fraction of sp³-hybridized carbons (Fsp3) is 0.560. The molecule has 33 heavy (non-hydrogen) atoms. The lowest BCUT2D eigenvalue weighted by Gasteiger charge is -2.48. The minimum Gasteiger partial charge on any atom is -0.494 e. The van der Waals surface area contributed by atoms with Gasteiger partial charge < -0.3 is 20.1 Å². The van der Waals surface area contributed by atoms with Gasteiger partial charge in [-0.2, -0.15) is 0 Å². The van der Waals surface area contributed by atoms with Crippen molar-refractivity contribution in [1.82, 2.24) is 9.88 Å². The van der Waals surface area contributed by atoms with Gasteiger partial charge in [-0.15, -0.1) is 0 Å². The Morgan fingerprint density at radius 2 is 1.79 bits per heavy atom. The monoisotopic (exact) mass is 454 g/mol. The summed E-state index contributed by atoms with van der Waals surface area (Å²) in [5.74, 6) is 0.0882. The number of nitrogens with two attached hydrogens (primary N) is 1. The van der Waals surface area contributed by atoms with Gasteiger partial charge in [0.2, 0.25) is 5.91 Å². The molecule has 2 aromatic rings. The first-order valence-electron chi connectivity index (χ1n) is 12.0. The normalized spacial score (nSPS) is 18.8. The van der Waals surface area contributed by atoms with Crippen LogP contribution in [-0.4, -0.2) is 66.7 Å². The van der Waals surface area contributed by atoms with Crippen LogP contribution >= 0.6 is 0 Å². The predicted molar refractivity (Wildman–Crippen MR) is 128 cm³/mol. The van der Waals surface area contributed by atoms with Crippen LogP contribution in [0.3, 0.4) is 0 Å². The summed E-state index contributed by atoms with van der Waals surface area (Å²) in [4.78, 5) is 34.5. The van der Waals surface area contributed by atoms with Crippen molar-refractivity contribution in [2.24, 2.45) is 5.73 Å². The van der Waals surface area contributed by atoms with Gasteiger partial charge in [-0.25, -0.2) is 4.79 Å². The number of anilines is 1. The third-order valence-electron chi connectivity index (χ3n) is 6.94. The summed E-state index contributed by atoms with van der Waals surface area (Å²) in [6.07, 6.45) is 6.24. The lowest BCUT2D eigenvalue weighted by molar-refractivity contribution is -0.132. The van der Waals surface area contributed by atoms with E-state index in [0.717, 1.165) is 48.3 Å². The minimum absolute atomic E-state index is 0.243. The van der Waals surface area contributed by atoms with Crippen LogP contribution in [0.4, 0.5) is 5.69 Å². The molecule has 0 unspecified atom stereocenters. The molecule has 0 bridgehead atoms. The molecule has 3 heterocycles. The number of hydrogen-bond acceptors (Lipinski definition) is 7. The first kappa shape index (κ1) is 23.3. The SMILES string of the molecule is CCOC(=O)c1cnc2ccc(OCC)cc2c1N1CCC(C(N)=O)(N2CCCCC2)CC1. The van der Waals surface area contributed by atoms with Crippen LogP contribution in [0, 0.1) is 0 Å². The summed E-state index contributed by atoms with van der Waals surface area (Å²) >= 11 is 0. The second-order valence-electron chi connectivity index (χ2n) is 8.78. The Hall–Kier alpha value is -2.87. The molecule has 4 rings (SSSR count). The van der Waals surface area contributed by atoms with Gasteiger partial charge in [-0.3, -0.25) is 14.7 Å². The lowest BCUT2D eigenvalue weighted by atomic mass is 9.83. The van der Waals surface area contributed by atoms with Crippen molar-refractivity contribution in [1.29, 1.82) is 0 Å². The summed E-state index contributed by atoms with van der Waals surface area (Å²) in [5, 5.41) is 0.844. The number of nitrogens with zero attached hydrogens (tertiary/aromatic N) is 3. The molecule has 1 aromatic heterocycles. The average molecular weight is 455 g/mol. The molecule has 1 aromatic carbocycles. The molecule has 0 radical (unpaired) electrons. The number of primary amides is 1. The number of carbonyl (C=O) groups excluding carboxylic acids is 2. The molecule has 0 atom stereocenters. The van der Waals surface area contributed by atoms with Gasteiger partial charge in [0.1, 0.15) is 16.9 Å². The number of amides is 1. The summed E-state index contributed by atoms with van der Waals surface area (Å²) in [7, 11) is 0. The number of ether oxygens (including phenoxy) is 2. The van der Waals surface area contributed by atoms with E-state index in [2.05, 4.69) is 14.8 Å². The van der Waals surface area contributed by atoms with E-state index in [4.69, 9.17) is 15.2 Å². The summed E-state index contributed by atoms with van der Waals surface area (Å²) in [5.41, 5.74) is 7.36. The van der Waals surface area contributed by atoms with Crippen molar-refractivity contribution in [3.05, 3.63) is 30.0 Å². The zero-order valence-corrected chi connectivity index (χ0v) is 19.6. The zero-order valence-electron chi connectivity index (χ0n) is 19.6. The van der Waals surface area contributed by atoms with Gasteiger partial charge in [0.25, 0.3) is 0 Å². The smallest absolute Gasteiger partial charge is 0.341 e. The standard InChI is InChI=1S/C25H34N4O4/c1-3-32-18-8-9-21-19(16-18)22(20(17-27-21)23(30)33-4-2)28-14-10-25(11-15-28,24(26)31)29-12-6-5-7-13-29/h8-9,16-17H,3-7,10-15H2,1-2H3,(H2,26,31). The molecule has 2 fully saturated rings. The Morgan fingerprint density at radius 3 is 2.42 bits per heavy atom. The third-order valence-corrected chi connectivity index (χ3v) is 6.94. The lowest BCUT2D eigenvalue weighted by Crippen LogP contribution is -2.63. The maximum absolute atomic E-state index is 12.8.